The van der Waals surface area contributed by atoms with Crippen LogP contribution in [-0.4, -0.2) is 14.6 Å². The second kappa shape index (κ2) is 7.88. The first-order valence-electron chi connectivity index (χ1n) is 10.3. The normalized spacial score (nSPS) is 19.2. The van der Waals surface area contributed by atoms with E-state index in [2.05, 4.69) is 76.2 Å². The molecule has 0 radical (unpaired) electrons. The van der Waals surface area contributed by atoms with Gasteiger partial charge in [-0.1, -0.05) is 36.4 Å². The Labute approximate surface area is 189 Å². The van der Waals surface area contributed by atoms with Crippen LogP contribution >= 0.6 is 22.6 Å². The van der Waals surface area contributed by atoms with Crippen molar-refractivity contribution in [3.63, 3.8) is 0 Å². The minimum Gasteiger partial charge on any atom is -0.383 e. The number of rotatable bonds is 3. The van der Waals surface area contributed by atoms with Gasteiger partial charge in [-0.25, -0.2) is 4.98 Å². The van der Waals surface area contributed by atoms with E-state index in [-0.39, 0.29) is 0 Å². The lowest BCUT2D eigenvalue weighted by Gasteiger charge is -2.27. The molecule has 0 spiro atoms. The van der Waals surface area contributed by atoms with E-state index in [4.69, 9.17) is 16.0 Å². The molecule has 2 N–H and O–H groups in total. The summed E-state index contributed by atoms with van der Waals surface area (Å²) in [5.74, 6) is 1.56. The molecule has 6 heteroatoms. The second-order valence-corrected chi connectivity index (χ2v) is 9.21. The zero-order valence-electron chi connectivity index (χ0n) is 16.6. The van der Waals surface area contributed by atoms with Crippen LogP contribution in [0.25, 0.3) is 27.5 Å². The number of halogens is 1. The fraction of sp³-hybridized carbons (Fsp3) is 0.292. The number of nitrogens with zero attached hydrogens (tertiary/aromatic N) is 4. The zero-order valence-corrected chi connectivity index (χ0v) is 18.7. The van der Waals surface area contributed by atoms with E-state index in [0.717, 1.165) is 51.7 Å². The van der Waals surface area contributed by atoms with Gasteiger partial charge in [-0.05, 0) is 76.6 Å². The summed E-state index contributed by atoms with van der Waals surface area (Å²) in [5, 5.41) is 16.0. The highest BCUT2D eigenvalue weighted by Crippen LogP contribution is 2.40. The first-order valence-corrected chi connectivity index (χ1v) is 11.4. The number of aromatic nitrogens is 3. The van der Waals surface area contributed by atoms with Crippen LogP contribution in [0.2, 0.25) is 0 Å². The third-order valence-electron chi connectivity index (χ3n) is 6.32. The minimum absolute atomic E-state index is 0.387. The zero-order chi connectivity index (χ0) is 20.7. The van der Waals surface area contributed by atoms with Gasteiger partial charge in [0.2, 0.25) is 0 Å². The summed E-state index contributed by atoms with van der Waals surface area (Å²) < 4.78 is 2.76. The minimum atomic E-state index is 0.387. The van der Waals surface area contributed by atoms with Gasteiger partial charge in [-0.2, -0.15) is 14.9 Å². The van der Waals surface area contributed by atoms with E-state index in [1.807, 2.05) is 6.20 Å². The first-order chi connectivity index (χ1) is 14.7. The Morgan fingerprint density at radius 2 is 1.87 bits per heavy atom. The maximum absolute atomic E-state index is 8.99. The van der Waals surface area contributed by atoms with Crippen LogP contribution < -0.4 is 5.73 Å². The van der Waals surface area contributed by atoms with E-state index in [9.17, 15) is 0 Å². The highest BCUT2D eigenvalue weighted by Gasteiger charge is 2.27. The number of benzene rings is 2. The summed E-state index contributed by atoms with van der Waals surface area (Å²) in [6, 6.07) is 17.1. The third-order valence-corrected chi connectivity index (χ3v) is 7.43. The molecule has 5 nitrogen and oxygen atoms in total. The molecular weight excluding hydrogens is 485 g/mol. The molecule has 1 aliphatic carbocycles. The third kappa shape index (κ3) is 3.31. The monoisotopic (exact) mass is 507 g/mol. The lowest BCUT2D eigenvalue weighted by atomic mass is 9.79. The maximum atomic E-state index is 8.99. The molecule has 2 aromatic carbocycles. The standard InChI is InChI=1S/C24H22IN5/c25-21-22(17-7-5-15(6-8-17)11-12-26)29-24-20(14-28-30(24)23(21)27)19-10-9-16-3-1-2-4-18(16)13-19/h1-4,9-10,13-15,17H,5-8,11,27H2. The highest BCUT2D eigenvalue weighted by atomic mass is 127. The van der Waals surface area contributed by atoms with Gasteiger partial charge in [0, 0.05) is 17.9 Å². The molecule has 0 atom stereocenters. The van der Waals surface area contributed by atoms with E-state index in [0.29, 0.717) is 24.1 Å². The van der Waals surface area contributed by atoms with Crippen molar-refractivity contribution >= 4 is 44.8 Å². The SMILES string of the molecule is N#CCC1CCC(c2nc3c(-c4ccc5ccccc5c4)cnn3c(N)c2I)CC1. The van der Waals surface area contributed by atoms with Crippen molar-refractivity contribution in [1.29, 1.82) is 5.26 Å². The van der Waals surface area contributed by atoms with Gasteiger partial charge in [-0.3, -0.25) is 0 Å². The van der Waals surface area contributed by atoms with Gasteiger partial charge < -0.3 is 5.73 Å². The van der Waals surface area contributed by atoms with E-state index in [1.54, 1.807) is 4.52 Å². The predicted octanol–water partition coefficient (Wildman–Crippen LogP) is 5.92. The van der Waals surface area contributed by atoms with Crippen molar-refractivity contribution in [2.45, 2.75) is 38.0 Å². The van der Waals surface area contributed by atoms with Gasteiger partial charge in [0.25, 0.3) is 0 Å². The van der Waals surface area contributed by atoms with Crippen LogP contribution in [0.3, 0.4) is 0 Å². The molecule has 30 heavy (non-hydrogen) atoms. The highest BCUT2D eigenvalue weighted by molar-refractivity contribution is 14.1. The smallest absolute Gasteiger partial charge is 0.165 e. The molecule has 2 heterocycles. The van der Waals surface area contributed by atoms with Gasteiger partial charge in [0.05, 0.1) is 21.5 Å². The number of anilines is 1. The molecule has 5 rings (SSSR count). The van der Waals surface area contributed by atoms with Crippen LogP contribution in [0, 0.1) is 20.8 Å². The quantitative estimate of drug-likeness (QED) is 0.349. The molecule has 0 aliphatic heterocycles. The molecule has 0 saturated heterocycles. The van der Waals surface area contributed by atoms with Crippen LogP contribution in [-0.2, 0) is 0 Å². The Balaban J connectivity index is 1.57. The molecule has 0 bridgehead atoms. The molecule has 0 amide bonds. The summed E-state index contributed by atoms with van der Waals surface area (Å²) in [5.41, 5.74) is 10.5. The molecule has 1 saturated carbocycles. The molecule has 2 aromatic heterocycles. The Morgan fingerprint density at radius 1 is 1.10 bits per heavy atom. The second-order valence-electron chi connectivity index (χ2n) is 8.13. The Bertz CT molecular complexity index is 1280. The number of fused-ring (bicyclic) bond motifs is 2. The van der Waals surface area contributed by atoms with Gasteiger partial charge in [-0.15, -0.1) is 0 Å². The number of hydrogen-bond donors (Lipinski definition) is 1. The molecule has 150 valence electrons. The summed E-state index contributed by atoms with van der Waals surface area (Å²) >= 11 is 2.31. The largest absolute Gasteiger partial charge is 0.383 e. The fourth-order valence-corrected chi connectivity index (χ4v) is 5.40. The Kier molecular flexibility index (Phi) is 5.07. The van der Waals surface area contributed by atoms with E-state index < -0.39 is 0 Å². The lowest BCUT2D eigenvalue weighted by molar-refractivity contribution is 0.326. The van der Waals surface area contributed by atoms with Crippen LogP contribution in [0.4, 0.5) is 5.82 Å². The first kappa shape index (κ1) is 19.3. The van der Waals surface area contributed by atoms with Crippen LogP contribution in [0.15, 0.2) is 48.7 Å². The van der Waals surface area contributed by atoms with Crippen LogP contribution in [0.5, 0.6) is 0 Å². The molecule has 1 aliphatic rings. The number of nitrogens with two attached hydrogens (primary N) is 1. The van der Waals surface area contributed by atoms with Crippen LogP contribution in [0.1, 0.15) is 43.7 Å². The van der Waals surface area contributed by atoms with Crippen molar-refractivity contribution in [3.05, 3.63) is 57.9 Å². The van der Waals surface area contributed by atoms with Gasteiger partial charge >= 0.3 is 0 Å². The summed E-state index contributed by atoms with van der Waals surface area (Å²) in [4.78, 5) is 5.09. The van der Waals surface area contributed by atoms with Crippen molar-refractivity contribution in [3.8, 4) is 17.2 Å². The average molecular weight is 507 g/mol. The van der Waals surface area contributed by atoms with Gasteiger partial charge in [0.1, 0.15) is 5.82 Å². The lowest BCUT2D eigenvalue weighted by Crippen LogP contribution is -2.17. The summed E-state index contributed by atoms with van der Waals surface area (Å²) in [6.07, 6.45) is 6.81. The van der Waals surface area contributed by atoms with Crippen molar-refractivity contribution < 1.29 is 0 Å². The Morgan fingerprint density at radius 3 is 2.63 bits per heavy atom. The number of nitrogen functional groups attached to an aromatic ring is 1. The van der Waals surface area contributed by atoms with E-state index in [1.165, 1.54) is 10.8 Å². The van der Waals surface area contributed by atoms with Crippen molar-refractivity contribution in [2.24, 2.45) is 5.92 Å². The number of hydrogen-bond acceptors (Lipinski definition) is 4. The summed E-state index contributed by atoms with van der Waals surface area (Å²) in [6.45, 7) is 0. The predicted molar refractivity (Wildman–Crippen MR) is 128 cm³/mol. The fourth-order valence-electron chi connectivity index (χ4n) is 4.61. The molecular formula is C24H22IN5. The van der Waals surface area contributed by atoms with Gasteiger partial charge in [0.15, 0.2) is 5.65 Å². The van der Waals surface area contributed by atoms with Crippen molar-refractivity contribution in [1.82, 2.24) is 14.6 Å². The molecule has 4 aromatic rings. The van der Waals surface area contributed by atoms with E-state index >= 15 is 0 Å². The maximum Gasteiger partial charge on any atom is 0.165 e. The molecule has 1 fully saturated rings. The topological polar surface area (TPSA) is 80.0 Å². The Hall–Kier alpha value is -2.66. The summed E-state index contributed by atoms with van der Waals surface area (Å²) in [7, 11) is 0. The average Bonchev–Trinajstić information content (AvgIpc) is 3.21. The van der Waals surface area contributed by atoms with Crippen molar-refractivity contribution in [2.75, 3.05) is 5.73 Å². The molecule has 0 unspecified atom stereocenters. The number of nitriles is 1.